The van der Waals surface area contributed by atoms with Crippen LogP contribution in [-0.2, 0) is 14.3 Å². The minimum absolute atomic E-state index is 0.101. The molecule has 62 valence electrons. The van der Waals surface area contributed by atoms with Gasteiger partial charge in [-0.3, -0.25) is 14.9 Å². The second-order valence-electron chi connectivity index (χ2n) is 2.22. The molecular formula is C6H9NO4. The average Bonchev–Trinajstić information content (AvgIpc) is 1.95. The Balaban J connectivity index is 2.44. The first-order chi connectivity index (χ1) is 5.24. The Morgan fingerprint density at radius 2 is 2.36 bits per heavy atom. The Labute approximate surface area is 63.3 Å². The standard InChI is InChI=1S/C6H9NO4/c8-2-1-4-6(10)7-5(9)3-11-4/h4,8H,1-3H2,(H,7,9,10). The first-order valence-corrected chi connectivity index (χ1v) is 3.30. The van der Waals surface area contributed by atoms with Crippen molar-refractivity contribution >= 4 is 11.8 Å². The molecular weight excluding hydrogens is 150 g/mol. The Bertz CT molecular complexity index is 179. The molecule has 1 heterocycles. The number of nitrogens with one attached hydrogen (secondary N) is 1. The van der Waals surface area contributed by atoms with Crippen molar-refractivity contribution < 1.29 is 19.4 Å². The molecule has 0 saturated carbocycles. The fourth-order valence-corrected chi connectivity index (χ4v) is 0.838. The maximum atomic E-state index is 10.8. The fourth-order valence-electron chi connectivity index (χ4n) is 0.838. The van der Waals surface area contributed by atoms with Crippen molar-refractivity contribution in [1.29, 1.82) is 0 Å². The van der Waals surface area contributed by atoms with E-state index in [0.717, 1.165) is 0 Å². The summed E-state index contributed by atoms with van der Waals surface area (Å²) in [4.78, 5) is 21.3. The minimum atomic E-state index is -0.669. The first-order valence-electron chi connectivity index (χ1n) is 3.30. The summed E-state index contributed by atoms with van der Waals surface area (Å²) in [5.41, 5.74) is 0. The summed E-state index contributed by atoms with van der Waals surface area (Å²) in [6.45, 7) is -0.220. The van der Waals surface area contributed by atoms with Gasteiger partial charge in [0.1, 0.15) is 12.7 Å². The summed E-state index contributed by atoms with van der Waals surface area (Å²) in [6.07, 6.45) is -0.434. The van der Waals surface area contributed by atoms with Gasteiger partial charge in [-0.2, -0.15) is 0 Å². The van der Waals surface area contributed by atoms with Crippen LogP contribution in [0.25, 0.3) is 0 Å². The van der Waals surface area contributed by atoms with E-state index in [1.165, 1.54) is 0 Å². The van der Waals surface area contributed by atoms with E-state index in [9.17, 15) is 9.59 Å². The second-order valence-corrected chi connectivity index (χ2v) is 2.22. The first kappa shape index (κ1) is 8.16. The molecule has 1 rings (SSSR count). The number of aliphatic hydroxyl groups is 1. The number of carbonyl (C=O) groups excluding carboxylic acids is 2. The lowest BCUT2D eigenvalue weighted by atomic mass is 10.2. The van der Waals surface area contributed by atoms with Gasteiger partial charge in [-0.25, -0.2) is 0 Å². The van der Waals surface area contributed by atoms with Gasteiger partial charge in [0.25, 0.3) is 11.8 Å². The number of aliphatic hydroxyl groups excluding tert-OH is 1. The van der Waals surface area contributed by atoms with E-state index in [4.69, 9.17) is 9.84 Å². The molecule has 1 fully saturated rings. The van der Waals surface area contributed by atoms with Gasteiger partial charge in [0.05, 0.1) is 0 Å². The molecule has 0 bridgehead atoms. The highest BCUT2D eigenvalue weighted by atomic mass is 16.5. The molecule has 11 heavy (non-hydrogen) atoms. The zero-order chi connectivity index (χ0) is 8.27. The van der Waals surface area contributed by atoms with Crippen LogP contribution in [0.1, 0.15) is 6.42 Å². The van der Waals surface area contributed by atoms with Crippen molar-refractivity contribution in [2.24, 2.45) is 0 Å². The van der Waals surface area contributed by atoms with Crippen LogP contribution in [0.15, 0.2) is 0 Å². The van der Waals surface area contributed by atoms with Crippen LogP contribution < -0.4 is 5.32 Å². The summed E-state index contributed by atoms with van der Waals surface area (Å²) in [7, 11) is 0. The Morgan fingerprint density at radius 1 is 1.64 bits per heavy atom. The summed E-state index contributed by atoms with van der Waals surface area (Å²) in [6, 6.07) is 0. The van der Waals surface area contributed by atoms with Crippen molar-refractivity contribution in [3.63, 3.8) is 0 Å². The van der Waals surface area contributed by atoms with E-state index in [0.29, 0.717) is 0 Å². The Morgan fingerprint density at radius 3 is 2.91 bits per heavy atom. The third kappa shape index (κ3) is 1.99. The molecule has 0 radical (unpaired) electrons. The number of amides is 2. The van der Waals surface area contributed by atoms with Gasteiger partial charge in [0, 0.05) is 13.0 Å². The van der Waals surface area contributed by atoms with Crippen LogP contribution in [0, 0.1) is 0 Å². The summed E-state index contributed by atoms with van der Waals surface area (Å²) >= 11 is 0. The van der Waals surface area contributed by atoms with Gasteiger partial charge in [-0.05, 0) is 0 Å². The maximum absolute atomic E-state index is 10.8. The van der Waals surface area contributed by atoms with Gasteiger partial charge in [0.15, 0.2) is 0 Å². The molecule has 2 amide bonds. The maximum Gasteiger partial charge on any atom is 0.255 e. The second kappa shape index (κ2) is 3.45. The van der Waals surface area contributed by atoms with Gasteiger partial charge >= 0.3 is 0 Å². The molecule has 0 spiro atoms. The fraction of sp³-hybridized carbons (Fsp3) is 0.667. The average molecular weight is 159 g/mol. The monoisotopic (exact) mass is 159 g/mol. The largest absolute Gasteiger partial charge is 0.396 e. The predicted octanol–water partition coefficient (Wildman–Crippen LogP) is -1.59. The SMILES string of the molecule is O=C1COC(CCO)C(=O)N1. The molecule has 1 aliphatic heterocycles. The van der Waals surface area contributed by atoms with Crippen LogP contribution >= 0.6 is 0 Å². The van der Waals surface area contributed by atoms with Crippen molar-refractivity contribution in [2.45, 2.75) is 12.5 Å². The van der Waals surface area contributed by atoms with Crippen molar-refractivity contribution in [1.82, 2.24) is 5.32 Å². The smallest absolute Gasteiger partial charge is 0.255 e. The van der Waals surface area contributed by atoms with Crippen molar-refractivity contribution in [2.75, 3.05) is 13.2 Å². The van der Waals surface area contributed by atoms with E-state index in [2.05, 4.69) is 5.32 Å². The lowest BCUT2D eigenvalue weighted by Gasteiger charge is -2.20. The minimum Gasteiger partial charge on any atom is -0.396 e. The van der Waals surface area contributed by atoms with Gasteiger partial charge in [-0.15, -0.1) is 0 Å². The predicted molar refractivity (Wildman–Crippen MR) is 34.6 cm³/mol. The molecule has 5 nitrogen and oxygen atoms in total. The summed E-state index contributed by atoms with van der Waals surface area (Å²) in [5, 5.41) is 10.6. The van der Waals surface area contributed by atoms with Crippen LogP contribution in [0.5, 0.6) is 0 Å². The molecule has 1 atom stereocenters. The molecule has 2 N–H and O–H groups in total. The zero-order valence-corrected chi connectivity index (χ0v) is 5.87. The number of hydrogen-bond acceptors (Lipinski definition) is 4. The van der Waals surface area contributed by atoms with Crippen LogP contribution in [0.2, 0.25) is 0 Å². The molecule has 1 saturated heterocycles. The van der Waals surface area contributed by atoms with Gasteiger partial charge < -0.3 is 9.84 Å². The molecule has 0 aromatic rings. The lowest BCUT2D eigenvalue weighted by molar-refractivity contribution is -0.150. The number of morpholine rings is 1. The molecule has 1 aliphatic rings. The molecule has 0 aromatic heterocycles. The summed E-state index contributed by atoms with van der Waals surface area (Å²) < 4.78 is 4.82. The zero-order valence-electron chi connectivity index (χ0n) is 5.87. The quantitative estimate of drug-likeness (QED) is 0.476. The molecule has 1 unspecified atom stereocenters. The van der Waals surface area contributed by atoms with E-state index >= 15 is 0 Å². The van der Waals surface area contributed by atoms with Crippen LogP contribution in [0.4, 0.5) is 0 Å². The highest BCUT2D eigenvalue weighted by Gasteiger charge is 2.26. The lowest BCUT2D eigenvalue weighted by Crippen LogP contribution is -2.48. The van der Waals surface area contributed by atoms with Crippen molar-refractivity contribution in [3.8, 4) is 0 Å². The Hall–Kier alpha value is -0.940. The molecule has 0 aromatic carbocycles. The number of rotatable bonds is 2. The third-order valence-electron chi connectivity index (χ3n) is 1.36. The highest BCUT2D eigenvalue weighted by molar-refractivity contribution is 5.99. The number of hydrogen-bond donors (Lipinski definition) is 2. The third-order valence-corrected chi connectivity index (χ3v) is 1.36. The van der Waals surface area contributed by atoms with Gasteiger partial charge in [0.2, 0.25) is 0 Å². The molecule has 0 aliphatic carbocycles. The van der Waals surface area contributed by atoms with Crippen LogP contribution in [0.3, 0.4) is 0 Å². The summed E-state index contributed by atoms with van der Waals surface area (Å²) in [5.74, 6) is -0.889. The Kier molecular flexibility index (Phi) is 2.56. The topological polar surface area (TPSA) is 75.6 Å². The van der Waals surface area contributed by atoms with E-state index in [1.807, 2.05) is 0 Å². The van der Waals surface area contributed by atoms with E-state index in [-0.39, 0.29) is 19.6 Å². The number of carbonyl (C=O) groups is 2. The van der Waals surface area contributed by atoms with Crippen molar-refractivity contribution in [3.05, 3.63) is 0 Å². The van der Waals surface area contributed by atoms with E-state index < -0.39 is 17.9 Å². The highest BCUT2D eigenvalue weighted by Crippen LogP contribution is 2.01. The molecule has 5 heteroatoms. The van der Waals surface area contributed by atoms with Crippen LogP contribution in [-0.4, -0.2) is 36.2 Å². The van der Waals surface area contributed by atoms with Gasteiger partial charge in [-0.1, -0.05) is 0 Å². The number of imide groups is 1. The normalized spacial score (nSPS) is 25.0. The van der Waals surface area contributed by atoms with E-state index in [1.54, 1.807) is 0 Å². The number of ether oxygens (including phenoxy) is 1.